The number of hydrogen-bond donors (Lipinski definition) is 0. The van der Waals surface area contributed by atoms with Crippen molar-refractivity contribution in [3.63, 3.8) is 0 Å². The zero-order valence-corrected chi connectivity index (χ0v) is 8.92. The van der Waals surface area contributed by atoms with Crippen LogP contribution in [0.25, 0.3) is 5.57 Å². The molecule has 1 aromatic carbocycles. The van der Waals surface area contributed by atoms with Gasteiger partial charge in [-0.05, 0) is 16.5 Å². The highest BCUT2D eigenvalue weighted by Gasteiger charge is 2.18. The Morgan fingerprint density at radius 1 is 1.29 bits per heavy atom. The van der Waals surface area contributed by atoms with Gasteiger partial charge in [0.2, 0.25) is 6.29 Å². The molecular formula is C13H15O. The van der Waals surface area contributed by atoms with Gasteiger partial charge < -0.3 is 0 Å². The molecule has 0 bridgehead atoms. The van der Waals surface area contributed by atoms with Gasteiger partial charge in [0.15, 0.2) is 0 Å². The van der Waals surface area contributed by atoms with Crippen molar-refractivity contribution in [3.05, 3.63) is 42.0 Å². The van der Waals surface area contributed by atoms with Crippen LogP contribution in [0.3, 0.4) is 0 Å². The van der Waals surface area contributed by atoms with E-state index in [1.54, 1.807) is 0 Å². The summed E-state index contributed by atoms with van der Waals surface area (Å²) >= 11 is 0. The van der Waals surface area contributed by atoms with Gasteiger partial charge in [0.05, 0.1) is 0 Å². The van der Waals surface area contributed by atoms with E-state index in [0.717, 1.165) is 11.1 Å². The maximum absolute atomic E-state index is 10.6. The van der Waals surface area contributed by atoms with Gasteiger partial charge in [-0.15, -0.1) is 0 Å². The predicted molar refractivity (Wildman–Crippen MR) is 59.9 cm³/mol. The Kier molecular flexibility index (Phi) is 2.90. The third kappa shape index (κ3) is 2.11. The van der Waals surface area contributed by atoms with Crippen molar-refractivity contribution in [3.8, 4) is 0 Å². The lowest BCUT2D eigenvalue weighted by molar-refractivity contribution is 0.565. The summed E-state index contributed by atoms with van der Waals surface area (Å²) < 4.78 is 0. The third-order valence-corrected chi connectivity index (χ3v) is 2.18. The maximum atomic E-state index is 10.6. The fraction of sp³-hybridized carbons (Fsp3) is 0.308. The van der Waals surface area contributed by atoms with Crippen LogP contribution >= 0.6 is 0 Å². The summed E-state index contributed by atoms with van der Waals surface area (Å²) in [7, 11) is 0. The standard InChI is InChI=1S/C13H15O/c1-10(9-14)11-7-5-6-8-12(11)13(2,3)4/h5-8H,1H2,2-4H3. The average Bonchev–Trinajstić information content (AvgIpc) is 2.15. The van der Waals surface area contributed by atoms with Crippen molar-refractivity contribution in [1.82, 2.24) is 0 Å². The van der Waals surface area contributed by atoms with Crippen molar-refractivity contribution < 1.29 is 4.79 Å². The summed E-state index contributed by atoms with van der Waals surface area (Å²) in [5.41, 5.74) is 2.48. The van der Waals surface area contributed by atoms with E-state index in [0.29, 0.717) is 5.57 Å². The van der Waals surface area contributed by atoms with Crippen LogP contribution < -0.4 is 0 Å². The van der Waals surface area contributed by atoms with E-state index in [9.17, 15) is 4.79 Å². The number of rotatable bonds is 2. The molecule has 14 heavy (non-hydrogen) atoms. The van der Waals surface area contributed by atoms with Crippen molar-refractivity contribution in [2.45, 2.75) is 26.2 Å². The quantitative estimate of drug-likeness (QED) is 0.650. The topological polar surface area (TPSA) is 17.1 Å². The zero-order chi connectivity index (χ0) is 10.8. The second-order valence-electron chi connectivity index (χ2n) is 4.38. The van der Waals surface area contributed by atoms with Crippen LogP contribution in [0.2, 0.25) is 0 Å². The Morgan fingerprint density at radius 3 is 2.36 bits per heavy atom. The Balaban J connectivity index is 3.30. The van der Waals surface area contributed by atoms with Crippen molar-refractivity contribution in [2.24, 2.45) is 0 Å². The van der Waals surface area contributed by atoms with E-state index >= 15 is 0 Å². The first-order valence-electron chi connectivity index (χ1n) is 4.64. The highest BCUT2D eigenvalue weighted by atomic mass is 16.1. The number of carbonyl (C=O) groups excluding carboxylic acids is 1. The second kappa shape index (κ2) is 3.79. The van der Waals surface area contributed by atoms with E-state index in [4.69, 9.17) is 0 Å². The summed E-state index contributed by atoms with van der Waals surface area (Å²) in [6, 6.07) is 7.82. The average molecular weight is 187 g/mol. The van der Waals surface area contributed by atoms with Gasteiger partial charge in [-0.2, -0.15) is 0 Å². The van der Waals surface area contributed by atoms with Crippen LogP contribution in [-0.4, -0.2) is 6.29 Å². The van der Waals surface area contributed by atoms with Crippen LogP contribution in [0.15, 0.2) is 30.8 Å². The maximum Gasteiger partial charge on any atom is 0.233 e. The first-order valence-corrected chi connectivity index (χ1v) is 4.64. The van der Waals surface area contributed by atoms with Gasteiger partial charge in [0, 0.05) is 5.57 Å². The fourth-order valence-corrected chi connectivity index (χ4v) is 1.46. The van der Waals surface area contributed by atoms with E-state index in [-0.39, 0.29) is 5.41 Å². The molecule has 0 N–H and O–H groups in total. The van der Waals surface area contributed by atoms with Crippen LogP contribution in [0.4, 0.5) is 0 Å². The largest absolute Gasteiger partial charge is 0.285 e. The molecule has 0 spiro atoms. The van der Waals surface area contributed by atoms with Crippen LogP contribution in [-0.2, 0) is 10.2 Å². The highest BCUT2D eigenvalue weighted by Crippen LogP contribution is 2.28. The summed E-state index contributed by atoms with van der Waals surface area (Å²) in [5.74, 6) is 0. The lowest BCUT2D eigenvalue weighted by Gasteiger charge is -2.22. The molecule has 1 aromatic rings. The zero-order valence-electron chi connectivity index (χ0n) is 8.92. The Bertz CT molecular complexity index is 356. The monoisotopic (exact) mass is 187 g/mol. The van der Waals surface area contributed by atoms with Gasteiger partial charge in [0.1, 0.15) is 0 Å². The van der Waals surface area contributed by atoms with Crippen LogP contribution in [0, 0.1) is 0 Å². The molecule has 0 aliphatic heterocycles. The van der Waals surface area contributed by atoms with Crippen molar-refractivity contribution >= 4 is 11.9 Å². The normalized spacial score (nSPS) is 11.1. The molecule has 0 fully saturated rings. The molecule has 0 saturated carbocycles. The Hall–Kier alpha value is -1.37. The summed E-state index contributed by atoms with van der Waals surface area (Å²) in [6.07, 6.45) is 1.85. The highest BCUT2D eigenvalue weighted by molar-refractivity contribution is 6.06. The second-order valence-corrected chi connectivity index (χ2v) is 4.38. The Morgan fingerprint density at radius 2 is 1.86 bits per heavy atom. The first-order chi connectivity index (χ1) is 6.46. The van der Waals surface area contributed by atoms with Crippen LogP contribution in [0.5, 0.6) is 0 Å². The Labute approximate surface area is 85.5 Å². The first kappa shape index (κ1) is 10.7. The van der Waals surface area contributed by atoms with E-state index in [2.05, 4.69) is 27.4 Å². The van der Waals surface area contributed by atoms with Gasteiger partial charge in [-0.25, -0.2) is 0 Å². The van der Waals surface area contributed by atoms with Crippen molar-refractivity contribution in [1.29, 1.82) is 0 Å². The summed E-state index contributed by atoms with van der Waals surface area (Å²) in [4.78, 5) is 10.6. The minimum absolute atomic E-state index is 0.0242. The smallest absolute Gasteiger partial charge is 0.233 e. The van der Waals surface area contributed by atoms with Gasteiger partial charge in [-0.1, -0.05) is 51.6 Å². The molecule has 0 aliphatic carbocycles. The molecule has 0 heterocycles. The predicted octanol–water partition coefficient (Wildman–Crippen LogP) is 3.11. The minimum Gasteiger partial charge on any atom is -0.285 e. The molecular weight excluding hydrogens is 172 g/mol. The fourth-order valence-electron chi connectivity index (χ4n) is 1.46. The van der Waals surface area contributed by atoms with E-state index < -0.39 is 0 Å². The molecule has 0 unspecified atom stereocenters. The number of benzene rings is 1. The van der Waals surface area contributed by atoms with Gasteiger partial charge in [0.25, 0.3) is 0 Å². The molecule has 0 aliphatic rings. The minimum atomic E-state index is 0.0242. The molecule has 1 heteroatoms. The molecule has 1 nitrogen and oxygen atoms in total. The van der Waals surface area contributed by atoms with Crippen molar-refractivity contribution in [2.75, 3.05) is 0 Å². The summed E-state index contributed by atoms with van der Waals surface area (Å²) in [5, 5.41) is 0. The molecule has 0 atom stereocenters. The third-order valence-electron chi connectivity index (χ3n) is 2.18. The molecule has 0 saturated heterocycles. The SMILES string of the molecule is C=C([C]=O)c1ccccc1C(C)(C)C. The molecule has 1 rings (SSSR count). The molecule has 0 aromatic heterocycles. The lowest BCUT2D eigenvalue weighted by Crippen LogP contribution is -2.13. The number of allylic oxidation sites excluding steroid dienone is 1. The molecule has 0 amide bonds. The number of hydrogen-bond acceptors (Lipinski definition) is 1. The van der Waals surface area contributed by atoms with Gasteiger partial charge in [-0.3, -0.25) is 4.79 Å². The van der Waals surface area contributed by atoms with E-state index in [1.165, 1.54) is 0 Å². The lowest BCUT2D eigenvalue weighted by atomic mass is 9.82. The van der Waals surface area contributed by atoms with Crippen LogP contribution in [0.1, 0.15) is 31.9 Å². The molecule has 1 radical (unpaired) electrons. The van der Waals surface area contributed by atoms with Gasteiger partial charge >= 0.3 is 0 Å². The summed E-state index contributed by atoms with van der Waals surface area (Å²) in [6.45, 7) is 10.0. The molecule has 73 valence electrons. The van der Waals surface area contributed by atoms with E-state index in [1.807, 2.05) is 30.6 Å².